The number of terminal acetylenes is 1. The molecule has 0 saturated carbocycles. The minimum atomic E-state index is -0.197. The van der Waals surface area contributed by atoms with Crippen LogP contribution in [-0.2, 0) is 11.2 Å². The number of amides is 1. The molecule has 0 aliphatic carbocycles. The van der Waals surface area contributed by atoms with Crippen LogP contribution in [0, 0.1) is 12.3 Å². The van der Waals surface area contributed by atoms with E-state index in [0.717, 1.165) is 24.9 Å². The van der Waals surface area contributed by atoms with E-state index in [9.17, 15) is 9.59 Å². The Morgan fingerprint density at radius 1 is 1.21 bits per heavy atom. The van der Waals surface area contributed by atoms with Gasteiger partial charge in [-0.25, -0.2) is 4.98 Å². The Morgan fingerprint density at radius 2 is 1.97 bits per heavy atom. The number of fused-ring (bicyclic) bond motifs is 1. The molecular weight excluding hydrogens is 382 g/mol. The normalized spacial score (nSPS) is 10.6. The SMILES string of the molecule is C#CCNC(=O)CSc1nc2ccccc2c(=O)n1-c1ccc(CCCC)cc1. The third-order valence-corrected chi connectivity index (χ3v) is 5.42. The maximum Gasteiger partial charge on any atom is 0.266 e. The number of benzene rings is 2. The number of carbonyl (C=O) groups is 1. The molecule has 0 aliphatic rings. The summed E-state index contributed by atoms with van der Waals surface area (Å²) in [6, 6.07) is 15.2. The summed E-state index contributed by atoms with van der Waals surface area (Å²) in [7, 11) is 0. The van der Waals surface area contributed by atoms with E-state index in [1.54, 1.807) is 16.7 Å². The van der Waals surface area contributed by atoms with Crippen molar-refractivity contribution < 1.29 is 4.79 Å². The van der Waals surface area contributed by atoms with Gasteiger partial charge in [0.2, 0.25) is 5.91 Å². The predicted molar refractivity (Wildman–Crippen MR) is 119 cm³/mol. The van der Waals surface area contributed by atoms with E-state index in [2.05, 4.69) is 23.1 Å². The zero-order valence-corrected chi connectivity index (χ0v) is 17.2. The summed E-state index contributed by atoms with van der Waals surface area (Å²) in [6.07, 6.45) is 8.46. The van der Waals surface area contributed by atoms with Crippen molar-refractivity contribution >= 4 is 28.6 Å². The molecule has 0 radical (unpaired) electrons. The van der Waals surface area contributed by atoms with Crippen molar-refractivity contribution in [1.29, 1.82) is 0 Å². The number of nitrogens with zero attached hydrogens (tertiary/aromatic N) is 2. The molecule has 29 heavy (non-hydrogen) atoms. The summed E-state index contributed by atoms with van der Waals surface area (Å²) < 4.78 is 1.57. The van der Waals surface area contributed by atoms with Gasteiger partial charge in [0.1, 0.15) is 0 Å². The van der Waals surface area contributed by atoms with Gasteiger partial charge in [-0.2, -0.15) is 0 Å². The highest BCUT2D eigenvalue weighted by atomic mass is 32.2. The van der Waals surface area contributed by atoms with Crippen molar-refractivity contribution in [2.24, 2.45) is 0 Å². The molecule has 1 amide bonds. The summed E-state index contributed by atoms with van der Waals surface area (Å²) >= 11 is 1.22. The Labute approximate surface area is 174 Å². The zero-order valence-electron chi connectivity index (χ0n) is 16.4. The van der Waals surface area contributed by atoms with Crippen LogP contribution in [0.25, 0.3) is 16.6 Å². The van der Waals surface area contributed by atoms with Gasteiger partial charge in [0.25, 0.3) is 5.56 Å². The number of hydrogen-bond acceptors (Lipinski definition) is 4. The lowest BCUT2D eigenvalue weighted by Gasteiger charge is -2.13. The van der Waals surface area contributed by atoms with E-state index in [1.165, 1.54) is 17.3 Å². The Bertz CT molecular complexity index is 1100. The second-order valence-corrected chi connectivity index (χ2v) is 7.53. The van der Waals surface area contributed by atoms with Crippen LogP contribution in [0.3, 0.4) is 0 Å². The summed E-state index contributed by atoms with van der Waals surface area (Å²) in [5.74, 6) is 2.30. The van der Waals surface area contributed by atoms with Gasteiger partial charge in [0.05, 0.1) is 28.9 Å². The van der Waals surface area contributed by atoms with Gasteiger partial charge in [0.15, 0.2) is 5.16 Å². The van der Waals surface area contributed by atoms with Crippen molar-refractivity contribution in [2.75, 3.05) is 12.3 Å². The van der Waals surface area contributed by atoms with Gasteiger partial charge in [-0.05, 0) is 42.7 Å². The summed E-state index contributed by atoms with van der Waals surface area (Å²) in [4.78, 5) is 29.8. The van der Waals surface area contributed by atoms with E-state index in [0.29, 0.717) is 16.1 Å². The van der Waals surface area contributed by atoms with Crippen LogP contribution in [0.2, 0.25) is 0 Å². The maximum absolute atomic E-state index is 13.2. The van der Waals surface area contributed by atoms with E-state index >= 15 is 0 Å². The topological polar surface area (TPSA) is 64.0 Å². The summed E-state index contributed by atoms with van der Waals surface area (Å²) in [5.41, 5.74) is 2.43. The fraction of sp³-hybridized carbons (Fsp3) is 0.261. The van der Waals surface area contributed by atoms with Gasteiger partial charge >= 0.3 is 0 Å². The van der Waals surface area contributed by atoms with Gasteiger partial charge in [0, 0.05) is 0 Å². The summed E-state index contributed by atoms with van der Waals surface area (Å²) in [6.45, 7) is 2.34. The number of carbonyl (C=O) groups excluding carboxylic acids is 1. The van der Waals surface area contributed by atoms with Gasteiger partial charge < -0.3 is 5.32 Å². The molecule has 1 aromatic heterocycles. The lowest BCUT2D eigenvalue weighted by atomic mass is 10.1. The number of nitrogens with one attached hydrogen (secondary N) is 1. The molecule has 3 aromatic rings. The van der Waals surface area contributed by atoms with Crippen LogP contribution in [0.4, 0.5) is 0 Å². The number of para-hydroxylation sites is 1. The molecule has 0 saturated heterocycles. The van der Waals surface area contributed by atoms with Crippen LogP contribution in [-0.4, -0.2) is 27.8 Å². The molecule has 6 heteroatoms. The molecule has 1 heterocycles. The fourth-order valence-electron chi connectivity index (χ4n) is 2.96. The van der Waals surface area contributed by atoms with Crippen molar-refractivity contribution in [2.45, 2.75) is 31.3 Å². The Balaban J connectivity index is 1.99. The first-order valence-corrected chi connectivity index (χ1v) is 10.6. The average Bonchev–Trinajstić information content (AvgIpc) is 2.75. The molecule has 0 atom stereocenters. The van der Waals surface area contributed by atoms with Crippen LogP contribution in [0.1, 0.15) is 25.3 Å². The molecule has 1 N–H and O–H groups in total. The molecule has 0 unspecified atom stereocenters. The van der Waals surface area contributed by atoms with Crippen molar-refractivity contribution in [3.05, 3.63) is 64.4 Å². The largest absolute Gasteiger partial charge is 0.344 e. The molecule has 2 aromatic carbocycles. The van der Waals surface area contributed by atoms with Crippen molar-refractivity contribution in [1.82, 2.24) is 14.9 Å². The minimum Gasteiger partial charge on any atom is -0.344 e. The van der Waals surface area contributed by atoms with E-state index < -0.39 is 0 Å². The molecule has 0 spiro atoms. The first kappa shape index (κ1) is 20.7. The second kappa shape index (κ2) is 9.94. The number of thioether (sulfide) groups is 1. The summed E-state index contributed by atoms with van der Waals surface area (Å²) in [5, 5.41) is 3.65. The molecule has 0 fully saturated rings. The monoisotopic (exact) mass is 405 g/mol. The first-order valence-electron chi connectivity index (χ1n) is 9.58. The molecule has 3 rings (SSSR count). The van der Waals surface area contributed by atoms with Crippen molar-refractivity contribution in [3.8, 4) is 18.0 Å². The zero-order chi connectivity index (χ0) is 20.6. The molecule has 148 valence electrons. The highest BCUT2D eigenvalue weighted by molar-refractivity contribution is 7.99. The highest BCUT2D eigenvalue weighted by Gasteiger charge is 2.14. The fourth-order valence-corrected chi connectivity index (χ4v) is 3.80. The highest BCUT2D eigenvalue weighted by Crippen LogP contribution is 2.22. The van der Waals surface area contributed by atoms with Gasteiger partial charge in [-0.15, -0.1) is 6.42 Å². The lowest BCUT2D eigenvalue weighted by molar-refractivity contribution is -0.118. The lowest BCUT2D eigenvalue weighted by Crippen LogP contribution is -2.26. The number of hydrogen-bond donors (Lipinski definition) is 1. The van der Waals surface area contributed by atoms with Crippen LogP contribution >= 0.6 is 11.8 Å². The number of aryl methyl sites for hydroxylation is 1. The Kier molecular flexibility index (Phi) is 7.09. The quantitative estimate of drug-likeness (QED) is 0.354. The molecule has 5 nitrogen and oxygen atoms in total. The van der Waals surface area contributed by atoms with E-state index in [4.69, 9.17) is 6.42 Å². The van der Waals surface area contributed by atoms with E-state index in [-0.39, 0.29) is 23.8 Å². The molecule has 0 aliphatic heterocycles. The Hall–Kier alpha value is -3.04. The maximum atomic E-state index is 13.2. The van der Waals surface area contributed by atoms with Crippen LogP contribution in [0.5, 0.6) is 0 Å². The third-order valence-electron chi connectivity index (χ3n) is 4.48. The van der Waals surface area contributed by atoms with Crippen LogP contribution in [0.15, 0.2) is 58.5 Å². The Morgan fingerprint density at radius 3 is 2.69 bits per heavy atom. The number of rotatable bonds is 8. The minimum absolute atomic E-state index is 0.126. The van der Waals surface area contributed by atoms with E-state index in [1.807, 2.05) is 36.4 Å². The predicted octanol–water partition coefficient (Wildman–Crippen LogP) is 3.57. The van der Waals surface area contributed by atoms with Crippen LogP contribution < -0.4 is 10.9 Å². The number of aromatic nitrogens is 2. The third kappa shape index (κ3) is 5.07. The van der Waals surface area contributed by atoms with Crippen molar-refractivity contribution in [3.63, 3.8) is 0 Å². The second-order valence-electron chi connectivity index (χ2n) is 6.59. The van der Waals surface area contributed by atoms with Gasteiger partial charge in [-0.1, -0.05) is 55.3 Å². The molecular formula is C23H23N3O2S. The number of unbranched alkanes of at least 4 members (excludes halogenated alkanes) is 1. The standard InChI is InChI=1S/C23H23N3O2S/c1-3-5-8-17-11-13-18(14-12-17)26-22(28)19-9-6-7-10-20(19)25-23(26)29-16-21(27)24-15-4-2/h2,6-7,9-14H,3,5,8,15-16H2,1H3,(H,24,27). The van der Waals surface area contributed by atoms with Gasteiger partial charge in [-0.3, -0.25) is 14.2 Å². The first-order chi connectivity index (χ1) is 14.1. The average molecular weight is 406 g/mol. The smallest absolute Gasteiger partial charge is 0.266 e. The molecule has 0 bridgehead atoms.